The first-order valence-electron chi connectivity index (χ1n) is 12.3. The van der Waals surface area contributed by atoms with Gasteiger partial charge in [0.1, 0.15) is 24.0 Å². The fourth-order valence-corrected chi connectivity index (χ4v) is 6.46. The number of benzene rings is 1. The van der Waals surface area contributed by atoms with E-state index in [9.17, 15) is 28.6 Å². The zero-order valence-corrected chi connectivity index (χ0v) is 23.7. The van der Waals surface area contributed by atoms with E-state index in [1.165, 1.54) is 19.1 Å². The van der Waals surface area contributed by atoms with Crippen molar-refractivity contribution in [3.63, 3.8) is 0 Å². The number of anilines is 1. The normalized spacial score (nSPS) is 25.0. The van der Waals surface area contributed by atoms with Gasteiger partial charge >= 0.3 is 12.6 Å². The number of carbonyl (C=O) groups is 1. The second-order valence-corrected chi connectivity index (χ2v) is 12.6. The molecule has 14 nitrogen and oxygen atoms in total. The lowest BCUT2D eigenvalue weighted by Gasteiger charge is -2.34. The van der Waals surface area contributed by atoms with Crippen molar-refractivity contribution >= 4 is 41.5 Å². The molecule has 6 atom stereocenters. The molecule has 2 aromatic heterocycles. The zero-order chi connectivity index (χ0) is 30.1. The summed E-state index contributed by atoms with van der Waals surface area (Å²) in [6.45, 7) is -0.181. The SMILES string of the molecule is CC(C)OC(=O)[C@H](C)NP(=S)(OC[C@@]1(C(F)F)O[C@@H](n2cnc3c(=O)[nH]c(N)nc32)[C@H](O)[C@@H]1O)Oc1ccccc1. The number of hydrogen-bond acceptors (Lipinski definition) is 12. The average Bonchev–Trinajstić information content (AvgIpc) is 3.42. The number of rotatable bonds is 11. The summed E-state index contributed by atoms with van der Waals surface area (Å²) in [5.74, 6) is -0.779. The molecule has 0 saturated carbocycles. The molecule has 1 aliphatic heterocycles. The number of H-pyrrole nitrogens is 1. The van der Waals surface area contributed by atoms with Crippen LogP contribution in [0.25, 0.3) is 11.2 Å². The summed E-state index contributed by atoms with van der Waals surface area (Å²) in [4.78, 5) is 34.7. The van der Waals surface area contributed by atoms with Crippen LogP contribution in [0.2, 0.25) is 0 Å². The Kier molecular flexibility index (Phi) is 9.08. The molecule has 4 rings (SSSR count). The number of para-hydroxylation sites is 1. The number of nitrogens with two attached hydrogens (primary N) is 1. The summed E-state index contributed by atoms with van der Waals surface area (Å²) in [5, 5.41) is 24.4. The van der Waals surface area contributed by atoms with Crippen molar-refractivity contribution < 1.29 is 42.3 Å². The van der Waals surface area contributed by atoms with Gasteiger partial charge in [-0.15, -0.1) is 0 Å². The molecular weight excluding hydrogens is 589 g/mol. The smallest absolute Gasteiger partial charge is 0.323 e. The number of aliphatic hydroxyl groups is 2. The molecule has 6 N–H and O–H groups in total. The predicted octanol–water partition coefficient (Wildman–Crippen LogP) is 1.21. The van der Waals surface area contributed by atoms with Gasteiger partial charge in [0.2, 0.25) is 5.95 Å². The van der Waals surface area contributed by atoms with E-state index in [0.717, 1.165) is 10.9 Å². The predicted molar refractivity (Wildman–Crippen MR) is 145 cm³/mol. The number of aliphatic hydroxyl groups excluding tert-OH is 2. The Morgan fingerprint density at radius 3 is 2.63 bits per heavy atom. The summed E-state index contributed by atoms with van der Waals surface area (Å²) in [7, 11) is 0. The first kappa shape index (κ1) is 30.9. The van der Waals surface area contributed by atoms with Crippen molar-refractivity contribution in [1.29, 1.82) is 0 Å². The van der Waals surface area contributed by atoms with Gasteiger partial charge in [-0.3, -0.25) is 19.1 Å². The molecule has 41 heavy (non-hydrogen) atoms. The van der Waals surface area contributed by atoms with Crippen molar-refractivity contribution in [2.75, 3.05) is 12.3 Å². The maximum absolute atomic E-state index is 14.7. The van der Waals surface area contributed by atoms with Gasteiger partial charge in [-0.1, -0.05) is 18.2 Å². The van der Waals surface area contributed by atoms with Crippen LogP contribution < -0.4 is 20.9 Å². The van der Waals surface area contributed by atoms with E-state index in [2.05, 4.69) is 20.0 Å². The van der Waals surface area contributed by atoms with Gasteiger partial charge in [-0.2, -0.15) is 4.98 Å². The van der Waals surface area contributed by atoms with E-state index in [0.29, 0.717) is 0 Å². The van der Waals surface area contributed by atoms with Crippen molar-refractivity contribution in [1.82, 2.24) is 24.6 Å². The Balaban J connectivity index is 1.64. The maximum Gasteiger partial charge on any atom is 0.323 e. The number of carbonyl (C=O) groups excluding carboxylic acids is 1. The average molecular weight is 619 g/mol. The molecule has 0 aliphatic carbocycles. The van der Waals surface area contributed by atoms with E-state index < -0.39 is 67.4 Å². The Bertz CT molecular complexity index is 1490. The lowest BCUT2D eigenvalue weighted by molar-refractivity contribution is -0.191. The second kappa shape index (κ2) is 12.1. The van der Waals surface area contributed by atoms with Crippen LogP contribution in [-0.2, 0) is 30.6 Å². The third-order valence-corrected chi connectivity index (χ3v) is 8.52. The van der Waals surface area contributed by atoms with Crippen molar-refractivity contribution in [3.8, 4) is 5.75 Å². The number of fused-ring (bicyclic) bond motifs is 1. The zero-order valence-electron chi connectivity index (χ0n) is 22.0. The van der Waals surface area contributed by atoms with E-state index in [-0.39, 0.29) is 22.9 Å². The van der Waals surface area contributed by atoms with Gasteiger partial charge in [0.25, 0.3) is 12.0 Å². The number of halogens is 2. The molecule has 1 unspecified atom stereocenters. The number of ether oxygens (including phenoxy) is 2. The molecule has 0 radical (unpaired) electrons. The molecular formula is C23H29F2N6O8PS. The highest BCUT2D eigenvalue weighted by atomic mass is 32.5. The van der Waals surface area contributed by atoms with Gasteiger partial charge in [0, 0.05) is 0 Å². The fraction of sp³-hybridized carbons (Fsp3) is 0.478. The lowest BCUT2D eigenvalue weighted by atomic mass is 9.96. The number of aromatic amines is 1. The molecule has 224 valence electrons. The number of nitrogens with zero attached hydrogens (tertiary/aromatic N) is 3. The van der Waals surface area contributed by atoms with Crippen LogP contribution in [0.4, 0.5) is 14.7 Å². The number of nitrogens with one attached hydrogen (secondary N) is 2. The Morgan fingerprint density at radius 1 is 1.32 bits per heavy atom. The Hall–Kier alpha value is -3.05. The molecule has 1 aliphatic rings. The van der Waals surface area contributed by atoms with Crippen LogP contribution in [0.3, 0.4) is 0 Å². The standard InChI is InChI=1S/C23H29F2N6O8PS/c1-11(2)37-20(35)12(3)30-40(41,39-13-7-5-4-6-8-13)36-9-23(21(24)25)16(33)15(32)19(38-23)31-10-27-14-17(31)28-22(26)29-18(14)34/h4-8,10-12,15-16,19,21,32-33H,9H2,1-3H3,(H,30,41)(H3,26,28,29,34)/t12-,15+,16-,19+,23+,40?/m0/s1. The topological polar surface area (TPSA) is 196 Å². The molecule has 0 spiro atoms. The van der Waals surface area contributed by atoms with Gasteiger partial charge in [-0.05, 0) is 44.7 Å². The third-order valence-electron chi connectivity index (χ3n) is 6.04. The number of alkyl halides is 2. The van der Waals surface area contributed by atoms with E-state index in [1.54, 1.807) is 32.0 Å². The third kappa shape index (κ3) is 6.40. The molecule has 18 heteroatoms. The van der Waals surface area contributed by atoms with Gasteiger partial charge in [0.15, 0.2) is 23.0 Å². The molecule has 3 heterocycles. The first-order chi connectivity index (χ1) is 19.3. The Morgan fingerprint density at radius 2 is 2.00 bits per heavy atom. The summed E-state index contributed by atoms with van der Waals surface area (Å²) >= 11 is 5.56. The quantitative estimate of drug-likeness (QED) is 0.152. The van der Waals surface area contributed by atoms with Crippen LogP contribution in [0, 0.1) is 0 Å². The van der Waals surface area contributed by atoms with E-state index in [1.807, 2.05) is 0 Å². The van der Waals surface area contributed by atoms with Crippen LogP contribution in [0.5, 0.6) is 5.75 Å². The highest BCUT2D eigenvalue weighted by Gasteiger charge is 2.61. The number of hydrogen-bond donors (Lipinski definition) is 5. The summed E-state index contributed by atoms with van der Waals surface area (Å²) in [6.07, 6.45) is -8.68. The van der Waals surface area contributed by atoms with Gasteiger partial charge in [0.05, 0.1) is 19.0 Å². The summed E-state index contributed by atoms with van der Waals surface area (Å²) in [5.41, 5.74) is 1.68. The Labute approximate surface area is 237 Å². The van der Waals surface area contributed by atoms with Gasteiger partial charge < -0.3 is 34.5 Å². The summed E-state index contributed by atoms with van der Waals surface area (Å²) < 4.78 is 52.6. The van der Waals surface area contributed by atoms with E-state index >= 15 is 0 Å². The largest absolute Gasteiger partial charge is 0.462 e. The van der Waals surface area contributed by atoms with Crippen LogP contribution in [-0.4, -0.2) is 78.7 Å². The summed E-state index contributed by atoms with van der Waals surface area (Å²) in [6, 6.07) is 6.99. The van der Waals surface area contributed by atoms with E-state index in [4.69, 9.17) is 36.1 Å². The van der Waals surface area contributed by atoms with Crippen LogP contribution in [0.1, 0.15) is 27.0 Å². The highest BCUT2D eigenvalue weighted by molar-refractivity contribution is 8.09. The van der Waals surface area contributed by atoms with Crippen LogP contribution >= 0.6 is 6.64 Å². The number of nitrogen functional groups attached to an aromatic ring is 1. The fourth-order valence-electron chi connectivity index (χ4n) is 4.04. The molecule has 0 amide bonds. The number of esters is 1. The molecule has 1 fully saturated rings. The van der Waals surface area contributed by atoms with Crippen molar-refractivity contribution in [2.24, 2.45) is 0 Å². The molecule has 3 aromatic rings. The number of aromatic nitrogens is 4. The highest BCUT2D eigenvalue weighted by Crippen LogP contribution is 2.49. The maximum atomic E-state index is 14.7. The first-order valence-corrected chi connectivity index (χ1v) is 14.9. The molecule has 1 saturated heterocycles. The monoisotopic (exact) mass is 618 g/mol. The minimum absolute atomic E-state index is 0.176. The van der Waals surface area contributed by atoms with Crippen molar-refractivity contribution in [3.05, 3.63) is 47.0 Å². The van der Waals surface area contributed by atoms with Crippen LogP contribution in [0.15, 0.2) is 41.5 Å². The van der Waals surface area contributed by atoms with Gasteiger partial charge in [-0.25, -0.2) is 18.9 Å². The minimum Gasteiger partial charge on any atom is -0.462 e. The minimum atomic E-state index is -3.82. The van der Waals surface area contributed by atoms with Crippen molar-refractivity contribution in [2.45, 2.75) is 63.4 Å². The lowest BCUT2D eigenvalue weighted by Crippen LogP contribution is -2.53. The number of imidazole rings is 1. The molecule has 1 aromatic carbocycles. The second-order valence-electron chi connectivity index (χ2n) is 9.49. The molecule has 0 bridgehead atoms.